The van der Waals surface area contributed by atoms with Crippen molar-refractivity contribution >= 4 is 37.0 Å². The maximum absolute atomic E-state index is 13.2. The summed E-state index contributed by atoms with van der Waals surface area (Å²) in [6.07, 6.45) is 0. The Morgan fingerprint density at radius 2 is 1.57 bits per heavy atom. The van der Waals surface area contributed by atoms with Crippen LogP contribution in [-0.4, -0.2) is 31.2 Å². The Morgan fingerprint density at radius 1 is 0.913 bits per heavy atom. The molecule has 23 heavy (non-hydrogen) atoms. The summed E-state index contributed by atoms with van der Waals surface area (Å²) < 4.78 is 52.3. The minimum Gasteiger partial charge on any atom is -0.410 e. The van der Waals surface area contributed by atoms with E-state index >= 15 is 0 Å². The SMILES string of the molecule is O=C(C(=NO)c1cccc(B(F)F)c1B(F)F)c1ccccc1. The van der Waals surface area contributed by atoms with Crippen LogP contribution in [0.25, 0.3) is 0 Å². The fourth-order valence-corrected chi connectivity index (χ4v) is 2.17. The van der Waals surface area contributed by atoms with Crippen LogP contribution in [0.1, 0.15) is 15.9 Å². The van der Waals surface area contributed by atoms with Crippen LogP contribution in [0.3, 0.4) is 0 Å². The summed E-state index contributed by atoms with van der Waals surface area (Å²) in [7, 11) is -6.40. The second-order valence-corrected chi connectivity index (χ2v) is 4.55. The van der Waals surface area contributed by atoms with Crippen molar-refractivity contribution in [3.63, 3.8) is 0 Å². The highest BCUT2D eigenvalue weighted by Gasteiger charge is 2.34. The molecule has 0 spiro atoms. The molecule has 0 aliphatic carbocycles. The summed E-state index contributed by atoms with van der Waals surface area (Å²) in [5, 5.41) is 11.8. The van der Waals surface area contributed by atoms with Gasteiger partial charge in [0, 0.05) is 16.6 Å². The monoisotopic (exact) mass is 321 g/mol. The van der Waals surface area contributed by atoms with Crippen molar-refractivity contribution in [1.29, 1.82) is 0 Å². The number of hydrogen-bond acceptors (Lipinski definition) is 3. The molecule has 116 valence electrons. The normalized spacial score (nSPS) is 11.2. The van der Waals surface area contributed by atoms with Crippen LogP contribution >= 0.6 is 0 Å². The smallest absolute Gasteiger partial charge is 0.410 e. The van der Waals surface area contributed by atoms with Crippen molar-refractivity contribution in [2.75, 3.05) is 0 Å². The first-order valence-electron chi connectivity index (χ1n) is 6.48. The highest BCUT2D eigenvalue weighted by molar-refractivity contribution is 6.75. The molecule has 0 saturated heterocycles. The number of carbonyl (C=O) groups is 1. The van der Waals surface area contributed by atoms with Gasteiger partial charge in [-0.2, -0.15) is 0 Å². The van der Waals surface area contributed by atoms with Gasteiger partial charge in [-0.05, 0) is 5.46 Å². The Bertz CT molecular complexity index is 739. The molecule has 0 unspecified atom stereocenters. The molecule has 2 rings (SSSR count). The highest BCUT2D eigenvalue weighted by Crippen LogP contribution is 2.09. The van der Waals surface area contributed by atoms with Crippen LogP contribution in [0.2, 0.25) is 0 Å². The quantitative estimate of drug-likeness (QED) is 0.229. The van der Waals surface area contributed by atoms with E-state index in [0.29, 0.717) is 0 Å². The van der Waals surface area contributed by atoms with E-state index in [1.54, 1.807) is 6.07 Å². The number of Topliss-reactive ketones (excluding diaryl/α,β-unsaturated/α-hetero) is 1. The van der Waals surface area contributed by atoms with Gasteiger partial charge in [0.1, 0.15) is 0 Å². The Kier molecular flexibility index (Phi) is 5.20. The first-order chi connectivity index (χ1) is 11.0. The van der Waals surface area contributed by atoms with E-state index in [0.717, 1.165) is 18.2 Å². The van der Waals surface area contributed by atoms with E-state index in [4.69, 9.17) is 5.21 Å². The van der Waals surface area contributed by atoms with Gasteiger partial charge < -0.3 is 5.21 Å². The lowest BCUT2D eigenvalue weighted by molar-refractivity contribution is 0.106. The Morgan fingerprint density at radius 3 is 2.09 bits per heavy atom. The van der Waals surface area contributed by atoms with Gasteiger partial charge in [-0.15, -0.1) is 0 Å². The zero-order valence-corrected chi connectivity index (χ0v) is 11.6. The van der Waals surface area contributed by atoms with Gasteiger partial charge in [0.15, 0.2) is 5.71 Å². The van der Waals surface area contributed by atoms with Gasteiger partial charge in [0.25, 0.3) is 0 Å². The fourth-order valence-electron chi connectivity index (χ4n) is 2.17. The second kappa shape index (κ2) is 7.13. The summed E-state index contributed by atoms with van der Waals surface area (Å²) in [4.78, 5) is 12.3. The third-order valence-corrected chi connectivity index (χ3v) is 3.20. The molecule has 9 heteroatoms. The first-order valence-corrected chi connectivity index (χ1v) is 6.48. The molecule has 0 aliphatic rings. The molecule has 0 atom stereocenters. The van der Waals surface area contributed by atoms with Crippen molar-refractivity contribution in [3.05, 3.63) is 59.7 Å². The largest absolute Gasteiger partial charge is 0.572 e. The molecule has 1 N–H and O–H groups in total. The zero-order valence-electron chi connectivity index (χ0n) is 11.6. The number of benzene rings is 2. The third kappa shape index (κ3) is 3.44. The van der Waals surface area contributed by atoms with E-state index in [1.165, 1.54) is 24.3 Å². The second-order valence-electron chi connectivity index (χ2n) is 4.55. The summed E-state index contributed by atoms with van der Waals surface area (Å²) in [6.45, 7) is 0. The molecule has 0 amide bonds. The Labute approximate surface area is 130 Å². The molecular weight excluding hydrogens is 312 g/mol. The van der Waals surface area contributed by atoms with Gasteiger partial charge in [0.2, 0.25) is 5.78 Å². The van der Waals surface area contributed by atoms with E-state index < -0.39 is 42.5 Å². The summed E-state index contributed by atoms with van der Waals surface area (Å²) in [5.41, 5.74) is -3.06. The standard InChI is InChI=1S/C14H9B2F4NO2/c17-15(18)11-8-4-7-10(12(11)16(19)20)13(21-23)14(22)9-5-2-1-3-6-9/h1-8,23H. The van der Waals surface area contributed by atoms with Gasteiger partial charge >= 0.3 is 14.5 Å². The topological polar surface area (TPSA) is 49.7 Å². The van der Waals surface area contributed by atoms with Crippen molar-refractivity contribution < 1.29 is 27.3 Å². The zero-order chi connectivity index (χ0) is 17.0. The molecule has 0 radical (unpaired) electrons. The number of rotatable bonds is 5. The Balaban J connectivity index is 2.59. The van der Waals surface area contributed by atoms with Crippen LogP contribution in [0, 0.1) is 0 Å². The van der Waals surface area contributed by atoms with Crippen molar-refractivity contribution in [2.45, 2.75) is 0 Å². The maximum atomic E-state index is 13.2. The van der Waals surface area contributed by atoms with Gasteiger partial charge in [-0.3, -0.25) is 22.1 Å². The third-order valence-electron chi connectivity index (χ3n) is 3.20. The van der Waals surface area contributed by atoms with Gasteiger partial charge in [-0.25, -0.2) is 0 Å². The van der Waals surface area contributed by atoms with Crippen molar-refractivity contribution in [2.24, 2.45) is 5.16 Å². The molecule has 3 nitrogen and oxygen atoms in total. The molecular formula is C14H9B2F4NO2. The lowest BCUT2D eigenvalue weighted by Gasteiger charge is -2.12. The fraction of sp³-hybridized carbons (Fsp3) is 0. The van der Waals surface area contributed by atoms with Crippen LogP contribution in [0.15, 0.2) is 53.7 Å². The number of carbonyl (C=O) groups excluding carboxylic acids is 1. The number of oxime groups is 1. The van der Waals surface area contributed by atoms with Crippen molar-refractivity contribution in [3.8, 4) is 0 Å². The number of hydrogen-bond donors (Lipinski definition) is 1. The molecule has 0 aliphatic heterocycles. The maximum Gasteiger partial charge on any atom is 0.572 e. The van der Waals surface area contributed by atoms with Crippen LogP contribution < -0.4 is 10.9 Å². The van der Waals surface area contributed by atoms with E-state index in [1.807, 2.05) is 0 Å². The van der Waals surface area contributed by atoms with Crippen LogP contribution in [0.4, 0.5) is 17.3 Å². The molecule has 0 saturated carbocycles. The molecule has 0 aromatic heterocycles. The minimum atomic E-state index is -3.25. The lowest BCUT2D eigenvalue weighted by Crippen LogP contribution is -2.46. The number of halogens is 4. The number of ketones is 1. The van der Waals surface area contributed by atoms with Gasteiger partial charge in [-0.1, -0.05) is 53.7 Å². The average Bonchev–Trinajstić information content (AvgIpc) is 2.55. The van der Waals surface area contributed by atoms with E-state index in [2.05, 4.69) is 5.16 Å². The predicted molar refractivity (Wildman–Crippen MR) is 80.7 cm³/mol. The first kappa shape index (κ1) is 16.8. The minimum absolute atomic E-state index is 0.0861. The van der Waals surface area contributed by atoms with Crippen molar-refractivity contribution in [1.82, 2.24) is 0 Å². The molecule has 0 heterocycles. The summed E-state index contributed by atoms with van der Waals surface area (Å²) in [5.74, 6) is -0.846. The molecule has 2 aromatic rings. The van der Waals surface area contributed by atoms with Crippen LogP contribution in [0.5, 0.6) is 0 Å². The molecule has 0 fully saturated rings. The summed E-state index contributed by atoms with van der Waals surface area (Å²) >= 11 is 0. The average molecular weight is 321 g/mol. The Hall–Kier alpha value is -2.57. The predicted octanol–water partition coefficient (Wildman–Crippen LogP) is 2.02. The van der Waals surface area contributed by atoms with Gasteiger partial charge in [0.05, 0.1) is 0 Å². The highest BCUT2D eigenvalue weighted by atomic mass is 19.2. The number of nitrogens with zero attached hydrogens (tertiary/aromatic N) is 1. The molecule has 0 bridgehead atoms. The lowest BCUT2D eigenvalue weighted by atomic mass is 9.68. The van der Waals surface area contributed by atoms with E-state index in [9.17, 15) is 22.1 Å². The summed E-state index contributed by atoms with van der Waals surface area (Å²) in [6, 6.07) is 10.5. The van der Waals surface area contributed by atoms with Crippen LogP contribution in [-0.2, 0) is 0 Å². The van der Waals surface area contributed by atoms with E-state index in [-0.39, 0.29) is 5.56 Å². The molecule has 2 aromatic carbocycles.